The molecular formula is C22H14Cl3NO4. The summed E-state index contributed by atoms with van der Waals surface area (Å²) in [4.78, 5) is 37.4. The number of amides is 1. The fourth-order valence-electron chi connectivity index (χ4n) is 2.62. The molecule has 3 aromatic rings. The number of esters is 1. The van der Waals surface area contributed by atoms with Crippen molar-refractivity contribution in [1.29, 1.82) is 0 Å². The molecule has 0 heterocycles. The van der Waals surface area contributed by atoms with Crippen LogP contribution in [0.3, 0.4) is 0 Å². The van der Waals surface area contributed by atoms with E-state index < -0.39 is 18.5 Å². The van der Waals surface area contributed by atoms with Crippen LogP contribution in [-0.2, 0) is 9.53 Å². The molecule has 0 radical (unpaired) electrons. The van der Waals surface area contributed by atoms with Gasteiger partial charge in [0.2, 0.25) is 0 Å². The molecule has 0 aromatic heterocycles. The molecule has 3 aromatic carbocycles. The van der Waals surface area contributed by atoms with Crippen LogP contribution in [0.1, 0.15) is 26.3 Å². The summed E-state index contributed by atoms with van der Waals surface area (Å²) in [6.45, 7) is -0.580. The van der Waals surface area contributed by atoms with Crippen LogP contribution in [0.4, 0.5) is 5.69 Å². The minimum absolute atomic E-state index is 0.0426. The number of para-hydroxylation sites is 1. The maximum absolute atomic E-state index is 12.8. The zero-order valence-electron chi connectivity index (χ0n) is 15.3. The third-order valence-electron chi connectivity index (χ3n) is 4.06. The van der Waals surface area contributed by atoms with E-state index in [9.17, 15) is 14.4 Å². The number of hydrogen-bond acceptors (Lipinski definition) is 4. The van der Waals surface area contributed by atoms with Crippen LogP contribution in [0.15, 0.2) is 66.7 Å². The molecule has 8 heteroatoms. The lowest BCUT2D eigenvalue weighted by Crippen LogP contribution is -2.22. The van der Waals surface area contributed by atoms with Crippen LogP contribution >= 0.6 is 34.8 Å². The molecule has 30 heavy (non-hydrogen) atoms. The second-order valence-corrected chi connectivity index (χ2v) is 7.35. The van der Waals surface area contributed by atoms with Gasteiger partial charge in [-0.15, -0.1) is 0 Å². The standard InChI is InChI=1S/C22H14Cl3NO4/c23-14-10-8-13(9-11-14)21(28)15-4-1-2-5-16(15)22(29)30-12-19(27)26-20-17(24)6-3-7-18(20)25/h1-11H,12H2,(H,26,27). The molecule has 1 amide bonds. The number of carbonyl (C=O) groups excluding carboxylic acids is 3. The van der Waals surface area contributed by atoms with Gasteiger partial charge in [0, 0.05) is 16.1 Å². The summed E-state index contributed by atoms with van der Waals surface area (Å²) in [6.07, 6.45) is 0. The third kappa shape index (κ3) is 5.19. The largest absolute Gasteiger partial charge is 0.452 e. The van der Waals surface area contributed by atoms with Gasteiger partial charge in [0.25, 0.3) is 5.91 Å². The lowest BCUT2D eigenvalue weighted by Gasteiger charge is -2.11. The molecule has 1 N–H and O–H groups in total. The van der Waals surface area contributed by atoms with Crippen molar-refractivity contribution in [3.05, 3.63) is 98.5 Å². The summed E-state index contributed by atoms with van der Waals surface area (Å²) < 4.78 is 5.08. The highest BCUT2D eigenvalue weighted by Gasteiger charge is 2.20. The molecule has 0 aliphatic rings. The lowest BCUT2D eigenvalue weighted by atomic mass is 9.98. The first kappa shape index (κ1) is 21.8. The van der Waals surface area contributed by atoms with E-state index >= 15 is 0 Å². The number of anilines is 1. The van der Waals surface area contributed by atoms with Crippen molar-refractivity contribution >= 4 is 58.1 Å². The Morgan fingerprint density at radius 2 is 1.37 bits per heavy atom. The second kappa shape index (κ2) is 9.76. The SMILES string of the molecule is O=C(COC(=O)c1ccccc1C(=O)c1ccc(Cl)cc1)Nc1c(Cl)cccc1Cl. The van der Waals surface area contributed by atoms with Crippen LogP contribution < -0.4 is 5.32 Å². The predicted octanol–water partition coefficient (Wildman–Crippen LogP) is 5.67. The van der Waals surface area contributed by atoms with Crippen LogP contribution in [-0.4, -0.2) is 24.3 Å². The van der Waals surface area contributed by atoms with E-state index in [1.807, 2.05) is 0 Å². The van der Waals surface area contributed by atoms with Gasteiger partial charge in [0.05, 0.1) is 21.3 Å². The quantitative estimate of drug-likeness (QED) is 0.378. The lowest BCUT2D eigenvalue weighted by molar-refractivity contribution is -0.119. The van der Waals surface area contributed by atoms with Gasteiger partial charge in [0.1, 0.15) is 0 Å². The molecular weight excluding hydrogens is 449 g/mol. The van der Waals surface area contributed by atoms with E-state index in [1.54, 1.807) is 54.6 Å². The summed E-state index contributed by atoms with van der Waals surface area (Å²) in [6, 6.07) is 17.2. The molecule has 0 aliphatic heterocycles. The number of ether oxygens (including phenoxy) is 1. The van der Waals surface area contributed by atoms with Crippen molar-refractivity contribution in [3.63, 3.8) is 0 Å². The number of carbonyl (C=O) groups is 3. The van der Waals surface area contributed by atoms with Crippen LogP contribution in [0.2, 0.25) is 15.1 Å². The smallest absolute Gasteiger partial charge is 0.339 e. The van der Waals surface area contributed by atoms with Gasteiger partial charge in [-0.3, -0.25) is 9.59 Å². The highest BCUT2D eigenvalue weighted by molar-refractivity contribution is 6.39. The first-order chi connectivity index (χ1) is 14.4. The number of halogens is 3. The molecule has 0 aliphatic carbocycles. The zero-order chi connectivity index (χ0) is 21.7. The Bertz CT molecular complexity index is 1090. The first-order valence-electron chi connectivity index (χ1n) is 8.67. The van der Waals surface area contributed by atoms with E-state index in [2.05, 4.69) is 5.32 Å². The molecule has 0 saturated carbocycles. The summed E-state index contributed by atoms with van der Waals surface area (Å²) in [5.74, 6) is -1.81. The number of benzene rings is 3. The van der Waals surface area contributed by atoms with Gasteiger partial charge in [-0.2, -0.15) is 0 Å². The maximum Gasteiger partial charge on any atom is 0.339 e. The topological polar surface area (TPSA) is 72.5 Å². The molecule has 0 atom stereocenters. The number of rotatable bonds is 6. The molecule has 3 rings (SSSR count). The van der Waals surface area contributed by atoms with Crippen molar-refractivity contribution in [1.82, 2.24) is 0 Å². The first-order valence-corrected chi connectivity index (χ1v) is 9.80. The molecule has 5 nitrogen and oxygen atoms in total. The van der Waals surface area contributed by atoms with Gasteiger partial charge in [-0.05, 0) is 42.5 Å². The summed E-state index contributed by atoms with van der Waals surface area (Å²) in [5, 5.41) is 3.49. The van der Waals surface area contributed by atoms with Gasteiger partial charge < -0.3 is 10.1 Å². The van der Waals surface area contributed by atoms with Crippen LogP contribution in [0.25, 0.3) is 0 Å². The summed E-state index contributed by atoms with van der Waals surface area (Å²) in [7, 11) is 0. The Labute approximate surface area is 187 Å². The molecule has 0 saturated heterocycles. The number of hydrogen-bond donors (Lipinski definition) is 1. The minimum atomic E-state index is -0.812. The summed E-state index contributed by atoms with van der Waals surface area (Å²) >= 11 is 17.9. The third-order valence-corrected chi connectivity index (χ3v) is 4.94. The summed E-state index contributed by atoms with van der Waals surface area (Å²) in [5.41, 5.74) is 0.784. The van der Waals surface area contributed by atoms with Gasteiger partial charge in [-0.1, -0.05) is 59.1 Å². The minimum Gasteiger partial charge on any atom is -0.452 e. The number of nitrogens with one attached hydrogen (secondary N) is 1. The second-order valence-electron chi connectivity index (χ2n) is 6.10. The highest BCUT2D eigenvalue weighted by atomic mass is 35.5. The Hall–Kier alpha value is -2.86. The molecule has 0 bridgehead atoms. The van der Waals surface area contributed by atoms with E-state index in [0.29, 0.717) is 10.6 Å². The van der Waals surface area contributed by atoms with Crippen LogP contribution in [0, 0.1) is 0 Å². The van der Waals surface area contributed by atoms with Gasteiger partial charge in [0.15, 0.2) is 12.4 Å². The van der Waals surface area contributed by atoms with Crippen molar-refractivity contribution in [2.45, 2.75) is 0 Å². The van der Waals surface area contributed by atoms with Crippen LogP contribution in [0.5, 0.6) is 0 Å². The fourth-order valence-corrected chi connectivity index (χ4v) is 3.24. The van der Waals surface area contributed by atoms with Gasteiger partial charge in [-0.25, -0.2) is 4.79 Å². The van der Waals surface area contributed by atoms with Crippen molar-refractivity contribution in [2.24, 2.45) is 0 Å². The normalized spacial score (nSPS) is 10.4. The Morgan fingerprint density at radius 3 is 2.00 bits per heavy atom. The van der Waals surface area contributed by atoms with Crippen molar-refractivity contribution in [2.75, 3.05) is 11.9 Å². The van der Waals surface area contributed by atoms with Crippen molar-refractivity contribution < 1.29 is 19.1 Å². The molecule has 152 valence electrons. The monoisotopic (exact) mass is 461 g/mol. The highest BCUT2D eigenvalue weighted by Crippen LogP contribution is 2.29. The van der Waals surface area contributed by atoms with E-state index in [4.69, 9.17) is 39.5 Å². The maximum atomic E-state index is 12.8. The average molecular weight is 463 g/mol. The number of ketones is 1. The fraction of sp³-hybridized carbons (Fsp3) is 0.0455. The van der Waals surface area contributed by atoms with Crippen molar-refractivity contribution in [3.8, 4) is 0 Å². The van der Waals surface area contributed by atoms with E-state index in [0.717, 1.165) is 0 Å². The van der Waals surface area contributed by atoms with E-state index in [1.165, 1.54) is 12.1 Å². The Balaban J connectivity index is 1.71. The molecule has 0 fully saturated rings. The molecule has 0 unspecified atom stereocenters. The average Bonchev–Trinajstić information content (AvgIpc) is 2.75. The predicted molar refractivity (Wildman–Crippen MR) is 117 cm³/mol. The zero-order valence-corrected chi connectivity index (χ0v) is 17.6. The molecule has 0 spiro atoms. The Morgan fingerprint density at radius 1 is 0.767 bits per heavy atom. The van der Waals surface area contributed by atoms with Gasteiger partial charge >= 0.3 is 5.97 Å². The van der Waals surface area contributed by atoms with E-state index in [-0.39, 0.29) is 32.6 Å². The Kier molecular flexibility index (Phi) is 7.11.